The van der Waals surface area contributed by atoms with Crippen molar-refractivity contribution in [3.05, 3.63) is 0 Å². The van der Waals surface area contributed by atoms with Gasteiger partial charge < -0.3 is 5.32 Å². The van der Waals surface area contributed by atoms with Gasteiger partial charge in [-0.15, -0.1) is 0 Å². The van der Waals surface area contributed by atoms with Crippen LogP contribution in [0.4, 0.5) is 0 Å². The molecule has 1 aliphatic rings. The summed E-state index contributed by atoms with van der Waals surface area (Å²) < 4.78 is 25.3. The predicted molar refractivity (Wildman–Crippen MR) is 57.6 cm³/mol. The predicted octanol–water partition coefficient (Wildman–Crippen LogP) is -0.0879. The molecule has 0 aromatic heterocycles. The zero-order valence-corrected chi connectivity index (χ0v) is 9.92. The molecule has 1 N–H and O–H groups in total. The minimum absolute atomic E-state index is 0.218. The molecule has 5 nitrogen and oxygen atoms in total. The average molecular weight is 231 g/mol. The Morgan fingerprint density at radius 1 is 1.67 bits per heavy atom. The summed E-state index contributed by atoms with van der Waals surface area (Å²) in [5.74, 6) is 0. The van der Waals surface area contributed by atoms with Gasteiger partial charge in [-0.2, -0.15) is 9.57 Å². The van der Waals surface area contributed by atoms with Gasteiger partial charge in [-0.05, 0) is 19.9 Å². The first-order chi connectivity index (χ1) is 7.06. The molecule has 1 heterocycles. The zero-order chi connectivity index (χ0) is 11.5. The van der Waals surface area contributed by atoms with Crippen molar-refractivity contribution in [1.29, 1.82) is 5.26 Å². The molecule has 86 valence electrons. The van der Waals surface area contributed by atoms with Gasteiger partial charge in [0.05, 0.1) is 6.07 Å². The SMILES string of the molecule is CCC(C#N)S(=O)(=O)N1CCC(NC)C1. The molecule has 0 spiro atoms. The van der Waals surface area contributed by atoms with Crippen LogP contribution in [-0.4, -0.2) is 44.2 Å². The van der Waals surface area contributed by atoms with E-state index in [0.29, 0.717) is 19.5 Å². The summed E-state index contributed by atoms with van der Waals surface area (Å²) in [7, 11) is -1.59. The minimum atomic E-state index is -3.41. The summed E-state index contributed by atoms with van der Waals surface area (Å²) in [4.78, 5) is 0. The second-order valence-electron chi connectivity index (χ2n) is 3.70. The van der Waals surface area contributed by atoms with Gasteiger partial charge in [0, 0.05) is 19.1 Å². The third-order valence-corrected chi connectivity index (χ3v) is 5.00. The van der Waals surface area contributed by atoms with Crippen molar-refractivity contribution >= 4 is 10.0 Å². The molecular weight excluding hydrogens is 214 g/mol. The molecule has 0 saturated carbocycles. The van der Waals surface area contributed by atoms with Crippen molar-refractivity contribution in [2.24, 2.45) is 0 Å². The Labute approximate surface area is 91.1 Å². The van der Waals surface area contributed by atoms with E-state index in [1.165, 1.54) is 4.31 Å². The molecule has 0 aliphatic carbocycles. The largest absolute Gasteiger partial charge is 0.316 e. The normalized spacial score (nSPS) is 25.0. The second kappa shape index (κ2) is 4.92. The highest BCUT2D eigenvalue weighted by Gasteiger charge is 2.35. The molecule has 0 radical (unpaired) electrons. The number of nitrogens with one attached hydrogen (secondary N) is 1. The van der Waals surface area contributed by atoms with Crippen LogP contribution in [0.3, 0.4) is 0 Å². The highest BCUT2D eigenvalue weighted by molar-refractivity contribution is 7.90. The Bertz CT molecular complexity index is 347. The number of hydrogen-bond donors (Lipinski definition) is 1. The molecule has 6 heteroatoms. The molecule has 2 unspecified atom stereocenters. The Balaban J connectivity index is 2.76. The van der Waals surface area contributed by atoms with E-state index in [4.69, 9.17) is 5.26 Å². The van der Waals surface area contributed by atoms with Crippen molar-refractivity contribution in [3.8, 4) is 6.07 Å². The van der Waals surface area contributed by atoms with E-state index in [1.807, 2.05) is 13.1 Å². The molecule has 0 aromatic rings. The third-order valence-electron chi connectivity index (χ3n) is 2.79. The van der Waals surface area contributed by atoms with E-state index in [0.717, 1.165) is 6.42 Å². The summed E-state index contributed by atoms with van der Waals surface area (Å²) >= 11 is 0. The minimum Gasteiger partial charge on any atom is -0.316 e. The molecule has 1 aliphatic heterocycles. The monoisotopic (exact) mass is 231 g/mol. The van der Waals surface area contributed by atoms with Gasteiger partial charge in [0.25, 0.3) is 0 Å². The topological polar surface area (TPSA) is 73.2 Å². The van der Waals surface area contributed by atoms with Crippen LogP contribution in [0.1, 0.15) is 19.8 Å². The number of nitrogens with zero attached hydrogens (tertiary/aromatic N) is 2. The van der Waals surface area contributed by atoms with Crippen LogP contribution in [0.25, 0.3) is 0 Å². The first-order valence-electron chi connectivity index (χ1n) is 5.12. The van der Waals surface area contributed by atoms with Crippen molar-refractivity contribution in [1.82, 2.24) is 9.62 Å². The van der Waals surface area contributed by atoms with Crippen molar-refractivity contribution in [2.45, 2.75) is 31.1 Å². The maximum Gasteiger partial charge on any atom is 0.230 e. The summed E-state index contributed by atoms with van der Waals surface area (Å²) in [6.07, 6.45) is 1.16. The number of sulfonamides is 1. The highest BCUT2D eigenvalue weighted by atomic mass is 32.2. The molecule has 0 aromatic carbocycles. The molecule has 2 atom stereocenters. The fourth-order valence-electron chi connectivity index (χ4n) is 1.74. The van der Waals surface area contributed by atoms with Crippen molar-refractivity contribution in [2.75, 3.05) is 20.1 Å². The lowest BCUT2D eigenvalue weighted by Gasteiger charge is -2.18. The number of hydrogen-bond acceptors (Lipinski definition) is 4. The van der Waals surface area contributed by atoms with E-state index in [9.17, 15) is 8.42 Å². The molecule has 1 saturated heterocycles. The van der Waals surface area contributed by atoms with Gasteiger partial charge >= 0.3 is 0 Å². The standard InChI is InChI=1S/C9H17N3O2S/c1-3-9(6-10)15(13,14)12-5-4-8(7-12)11-2/h8-9,11H,3-5,7H2,1-2H3. The Morgan fingerprint density at radius 3 is 2.73 bits per heavy atom. The van der Waals surface area contributed by atoms with Crippen LogP contribution in [0.5, 0.6) is 0 Å². The number of likely N-dealkylation sites (N-methyl/N-ethyl adjacent to an activating group) is 1. The van der Waals surface area contributed by atoms with Gasteiger partial charge in [0.2, 0.25) is 10.0 Å². The van der Waals surface area contributed by atoms with E-state index in [2.05, 4.69) is 5.32 Å². The van der Waals surface area contributed by atoms with Gasteiger partial charge in [-0.25, -0.2) is 8.42 Å². The molecular formula is C9H17N3O2S. The summed E-state index contributed by atoms with van der Waals surface area (Å²) in [5.41, 5.74) is 0. The lowest BCUT2D eigenvalue weighted by atomic mass is 10.3. The second-order valence-corrected chi connectivity index (χ2v) is 5.82. The van der Waals surface area contributed by atoms with E-state index >= 15 is 0 Å². The van der Waals surface area contributed by atoms with E-state index < -0.39 is 15.3 Å². The van der Waals surface area contributed by atoms with Crippen LogP contribution in [0.2, 0.25) is 0 Å². The van der Waals surface area contributed by atoms with E-state index in [1.54, 1.807) is 6.92 Å². The Morgan fingerprint density at radius 2 is 2.33 bits per heavy atom. The first-order valence-corrected chi connectivity index (χ1v) is 6.62. The lowest BCUT2D eigenvalue weighted by molar-refractivity contribution is 0.458. The molecule has 0 bridgehead atoms. The van der Waals surface area contributed by atoms with Gasteiger partial charge in [-0.3, -0.25) is 0 Å². The van der Waals surface area contributed by atoms with Gasteiger partial charge in [0.15, 0.2) is 5.25 Å². The lowest BCUT2D eigenvalue weighted by Crippen LogP contribution is -2.38. The van der Waals surface area contributed by atoms with Crippen LogP contribution in [0, 0.1) is 11.3 Å². The van der Waals surface area contributed by atoms with Crippen LogP contribution in [0.15, 0.2) is 0 Å². The third kappa shape index (κ3) is 2.48. The average Bonchev–Trinajstić information content (AvgIpc) is 2.67. The molecule has 1 fully saturated rings. The zero-order valence-electron chi connectivity index (χ0n) is 9.10. The Kier molecular flexibility index (Phi) is 4.08. The highest BCUT2D eigenvalue weighted by Crippen LogP contribution is 2.18. The Hall–Kier alpha value is -0.640. The smallest absolute Gasteiger partial charge is 0.230 e. The summed E-state index contributed by atoms with van der Waals surface area (Å²) in [5, 5.41) is 10.9. The van der Waals surface area contributed by atoms with Crippen LogP contribution >= 0.6 is 0 Å². The molecule has 1 rings (SSSR count). The molecule has 0 amide bonds. The van der Waals surface area contributed by atoms with Crippen LogP contribution < -0.4 is 5.32 Å². The maximum atomic E-state index is 11.9. The fourth-order valence-corrected chi connectivity index (χ4v) is 3.41. The van der Waals surface area contributed by atoms with Crippen LogP contribution in [-0.2, 0) is 10.0 Å². The summed E-state index contributed by atoms with van der Waals surface area (Å²) in [6, 6.07) is 2.07. The van der Waals surface area contributed by atoms with E-state index in [-0.39, 0.29) is 6.04 Å². The van der Waals surface area contributed by atoms with Gasteiger partial charge in [-0.1, -0.05) is 6.92 Å². The first kappa shape index (κ1) is 12.4. The maximum absolute atomic E-state index is 11.9. The number of rotatable bonds is 4. The summed E-state index contributed by atoms with van der Waals surface area (Å²) in [6.45, 7) is 2.72. The molecule has 15 heavy (non-hydrogen) atoms. The number of nitriles is 1. The van der Waals surface area contributed by atoms with Gasteiger partial charge in [0.1, 0.15) is 0 Å². The van der Waals surface area contributed by atoms with Crippen molar-refractivity contribution in [3.63, 3.8) is 0 Å². The van der Waals surface area contributed by atoms with Crippen molar-refractivity contribution < 1.29 is 8.42 Å². The quantitative estimate of drug-likeness (QED) is 0.734. The fraction of sp³-hybridized carbons (Fsp3) is 0.889.